The SMILES string of the molecule is CC(O)CCN(C)c1ccc(C(F)(F)F)c(C(=N)N)c1. The molecule has 1 rings (SSSR count). The maximum Gasteiger partial charge on any atom is 0.417 e. The Morgan fingerprint density at radius 3 is 2.50 bits per heavy atom. The molecule has 1 aromatic rings. The van der Waals surface area contributed by atoms with E-state index in [2.05, 4.69) is 0 Å². The molecule has 0 aliphatic heterocycles. The van der Waals surface area contributed by atoms with Crippen molar-refractivity contribution >= 4 is 11.5 Å². The van der Waals surface area contributed by atoms with Gasteiger partial charge in [0, 0.05) is 24.8 Å². The van der Waals surface area contributed by atoms with Crippen LogP contribution >= 0.6 is 0 Å². The first kappa shape index (κ1) is 16.3. The quantitative estimate of drug-likeness (QED) is 0.574. The third kappa shape index (κ3) is 4.12. The molecule has 1 unspecified atom stereocenters. The Hall–Kier alpha value is -1.76. The van der Waals surface area contributed by atoms with E-state index in [0.29, 0.717) is 18.7 Å². The molecular weight excluding hydrogens is 271 g/mol. The van der Waals surface area contributed by atoms with Crippen molar-refractivity contribution in [3.63, 3.8) is 0 Å². The topological polar surface area (TPSA) is 73.3 Å². The molecule has 20 heavy (non-hydrogen) atoms. The summed E-state index contributed by atoms with van der Waals surface area (Å²) in [7, 11) is 1.70. The van der Waals surface area contributed by atoms with Gasteiger partial charge in [-0.2, -0.15) is 13.2 Å². The van der Waals surface area contributed by atoms with Crippen LogP contribution < -0.4 is 10.6 Å². The number of halogens is 3. The van der Waals surface area contributed by atoms with Crippen molar-refractivity contribution in [2.75, 3.05) is 18.5 Å². The minimum absolute atomic E-state index is 0.334. The molecule has 1 aromatic carbocycles. The van der Waals surface area contributed by atoms with Gasteiger partial charge in [-0.1, -0.05) is 0 Å². The maximum atomic E-state index is 12.8. The predicted octanol–water partition coefficient (Wildman–Crippen LogP) is 2.20. The molecular formula is C13H18F3N3O. The minimum Gasteiger partial charge on any atom is -0.393 e. The van der Waals surface area contributed by atoms with Crippen molar-refractivity contribution in [2.24, 2.45) is 5.73 Å². The van der Waals surface area contributed by atoms with Gasteiger partial charge in [-0.3, -0.25) is 5.41 Å². The van der Waals surface area contributed by atoms with Gasteiger partial charge in [-0.25, -0.2) is 0 Å². The lowest BCUT2D eigenvalue weighted by atomic mass is 10.0. The number of amidine groups is 1. The molecule has 0 aromatic heterocycles. The molecule has 0 saturated heterocycles. The van der Waals surface area contributed by atoms with Gasteiger partial charge in [0.1, 0.15) is 5.84 Å². The van der Waals surface area contributed by atoms with Crippen molar-refractivity contribution in [1.29, 1.82) is 5.41 Å². The number of nitrogens with one attached hydrogen (secondary N) is 1. The van der Waals surface area contributed by atoms with Gasteiger partial charge < -0.3 is 15.7 Å². The second-order valence-electron chi connectivity index (χ2n) is 4.70. The molecule has 0 aliphatic rings. The first-order valence-corrected chi connectivity index (χ1v) is 6.07. The highest BCUT2D eigenvalue weighted by molar-refractivity contribution is 5.97. The summed E-state index contributed by atoms with van der Waals surface area (Å²) in [6, 6.07) is 3.50. The van der Waals surface area contributed by atoms with Crippen molar-refractivity contribution in [3.8, 4) is 0 Å². The van der Waals surface area contributed by atoms with Crippen molar-refractivity contribution in [1.82, 2.24) is 0 Å². The minimum atomic E-state index is -4.54. The highest BCUT2D eigenvalue weighted by atomic mass is 19.4. The van der Waals surface area contributed by atoms with Crippen LogP contribution in [-0.4, -0.2) is 30.6 Å². The smallest absolute Gasteiger partial charge is 0.393 e. The Bertz CT molecular complexity index is 486. The molecule has 4 nitrogen and oxygen atoms in total. The number of aliphatic hydroxyl groups excluding tert-OH is 1. The summed E-state index contributed by atoms with van der Waals surface area (Å²) < 4.78 is 38.4. The largest absolute Gasteiger partial charge is 0.417 e. The van der Waals surface area contributed by atoms with E-state index in [4.69, 9.17) is 11.1 Å². The van der Waals surface area contributed by atoms with E-state index < -0.39 is 23.7 Å². The summed E-state index contributed by atoms with van der Waals surface area (Å²) in [5, 5.41) is 16.5. The van der Waals surface area contributed by atoms with E-state index >= 15 is 0 Å². The fraction of sp³-hybridized carbons (Fsp3) is 0.462. The molecule has 1 atom stereocenters. The van der Waals surface area contributed by atoms with E-state index in [1.165, 1.54) is 12.1 Å². The Balaban J connectivity index is 3.08. The third-order valence-electron chi connectivity index (χ3n) is 2.92. The van der Waals surface area contributed by atoms with Crippen LogP contribution in [0.3, 0.4) is 0 Å². The summed E-state index contributed by atoms with van der Waals surface area (Å²) in [5.41, 5.74) is 4.49. The van der Waals surface area contributed by atoms with E-state index in [9.17, 15) is 18.3 Å². The Morgan fingerprint density at radius 1 is 1.45 bits per heavy atom. The number of alkyl halides is 3. The molecule has 0 radical (unpaired) electrons. The lowest BCUT2D eigenvalue weighted by Gasteiger charge is -2.22. The molecule has 0 aliphatic carbocycles. The summed E-state index contributed by atoms with van der Waals surface area (Å²) in [5.74, 6) is -0.622. The Labute approximate surface area is 115 Å². The number of nitrogens with zero attached hydrogens (tertiary/aromatic N) is 1. The normalized spacial score (nSPS) is 13.1. The number of hydrogen-bond donors (Lipinski definition) is 3. The molecule has 112 valence electrons. The second kappa shape index (κ2) is 6.13. The number of anilines is 1. The number of nitrogens with two attached hydrogens (primary N) is 1. The van der Waals surface area contributed by atoms with Crippen molar-refractivity contribution in [3.05, 3.63) is 29.3 Å². The lowest BCUT2D eigenvalue weighted by Crippen LogP contribution is -2.24. The van der Waals surface area contributed by atoms with Gasteiger partial charge >= 0.3 is 6.18 Å². The Morgan fingerprint density at radius 2 is 2.05 bits per heavy atom. The first-order chi connectivity index (χ1) is 9.12. The summed E-state index contributed by atoms with van der Waals surface area (Å²) >= 11 is 0. The summed E-state index contributed by atoms with van der Waals surface area (Å²) in [6.45, 7) is 2.13. The van der Waals surface area contributed by atoms with Crippen LogP contribution in [0.5, 0.6) is 0 Å². The standard InChI is InChI=1S/C13H18F3N3O/c1-8(20)5-6-19(2)9-3-4-11(13(14,15)16)10(7-9)12(17)18/h3-4,7-8,20H,5-6H2,1-2H3,(H3,17,18). The summed E-state index contributed by atoms with van der Waals surface area (Å²) in [4.78, 5) is 1.71. The zero-order valence-electron chi connectivity index (χ0n) is 11.3. The van der Waals surface area contributed by atoms with Crippen LogP contribution in [-0.2, 0) is 6.18 Å². The van der Waals surface area contributed by atoms with E-state index in [1.807, 2.05) is 0 Å². The average molecular weight is 289 g/mol. The number of nitrogen functional groups attached to an aromatic ring is 1. The molecule has 0 saturated carbocycles. The zero-order valence-corrected chi connectivity index (χ0v) is 11.3. The number of aliphatic hydroxyl groups is 1. The van der Waals surface area contributed by atoms with Crippen LogP contribution in [0.4, 0.5) is 18.9 Å². The highest BCUT2D eigenvalue weighted by Gasteiger charge is 2.34. The fourth-order valence-electron chi connectivity index (χ4n) is 1.75. The summed E-state index contributed by atoms with van der Waals surface area (Å²) in [6.07, 6.45) is -4.54. The Kier molecular flexibility index (Phi) is 4.99. The molecule has 0 amide bonds. The lowest BCUT2D eigenvalue weighted by molar-refractivity contribution is -0.137. The highest BCUT2D eigenvalue weighted by Crippen LogP contribution is 2.33. The van der Waals surface area contributed by atoms with E-state index in [1.54, 1.807) is 18.9 Å². The molecule has 7 heteroatoms. The molecule has 0 heterocycles. The number of benzene rings is 1. The van der Waals surface area contributed by atoms with Crippen LogP contribution in [0.15, 0.2) is 18.2 Å². The first-order valence-electron chi connectivity index (χ1n) is 6.07. The van der Waals surface area contributed by atoms with Crippen LogP contribution in [0, 0.1) is 5.41 Å². The van der Waals surface area contributed by atoms with Crippen molar-refractivity contribution in [2.45, 2.75) is 25.6 Å². The van der Waals surface area contributed by atoms with Gasteiger partial charge in [-0.05, 0) is 31.5 Å². The van der Waals surface area contributed by atoms with Gasteiger partial charge in [0.05, 0.1) is 11.7 Å². The predicted molar refractivity (Wildman–Crippen MR) is 72.0 cm³/mol. The monoisotopic (exact) mass is 289 g/mol. The van der Waals surface area contributed by atoms with Crippen LogP contribution in [0.1, 0.15) is 24.5 Å². The average Bonchev–Trinajstić information content (AvgIpc) is 2.33. The molecule has 0 bridgehead atoms. The van der Waals surface area contributed by atoms with Gasteiger partial charge in [-0.15, -0.1) is 0 Å². The van der Waals surface area contributed by atoms with Crippen LogP contribution in [0.2, 0.25) is 0 Å². The van der Waals surface area contributed by atoms with Gasteiger partial charge in [0.25, 0.3) is 0 Å². The fourth-order valence-corrected chi connectivity index (χ4v) is 1.75. The zero-order chi connectivity index (χ0) is 15.5. The number of hydrogen-bond acceptors (Lipinski definition) is 3. The molecule has 0 spiro atoms. The van der Waals surface area contributed by atoms with Gasteiger partial charge in [0.2, 0.25) is 0 Å². The molecule has 0 fully saturated rings. The molecule has 4 N–H and O–H groups in total. The number of rotatable bonds is 5. The van der Waals surface area contributed by atoms with E-state index in [0.717, 1.165) is 6.07 Å². The maximum absolute atomic E-state index is 12.8. The van der Waals surface area contributed by atoms with E-state index in [-0.39, 0.29) is 5.56 Å². The van der Waals surface area contributed by atoms with Gasteiger partial charge in [0.15, 0.2) is 0 Å². The van der Waals surface area contributed by atoms with Crippen LogP contribution in [0.25, 0.3) is 0 Å². The third-order valence-corrected chi connectivity index (χ3v) is 2.92. The van der Waals surface area contributed by atoms with Crippen molar-refractivity contribution < 1.29 is 18.3 Å². The second-order valence-corrected chi connectivity index (χ2v) is 4.70.